The van der Waals surface area contributed by atoms with Gasteiger partial charge >= 0.3 is 0 Å². The van der Waals surface area contributed by atoms with Crippen LogP contribution in [0.3, 0.4) is 0 Å². The summed E-state index contributed by atoms with van der Waals surface area (Å²) in [7, 11) is 2.22. The van der Waals surface area contributed by atoms with Crippen LogP contribution in [-0.4, -0.2) is 30.2 Å². The van der Waals surface area contributed by atoms with Gasteiger partial charge in [0.05, 0.1) is 5.52 Å². The van der Waals surface area contributed by atoms with Crippen LogP contribution in [-0.2, 0) is 0 Å². The van der Waals surface area contributed by atoms with Crippen LogP contribution in [0.15, 0.2) is 30.3 Å². The molecule has 4 rings (SSSR count). The molecule has 0 amide bonds. The number of aromatic nitrogens is 1. The Morgan fingerprint density at radius 3 is 2.62 bits per heavy atom. The Morgan fingerprint density at radius 1 is 1.14 bits per heavy atom. The Balaban J connectivity index is 1.67. The summed E-state index contributed by atoms with van der Waals surface area (Å²) in [6.07, 6.45) is 5.19. The normalized spacial score (nSPS) is 28.0. The van der Waals surface area contributed by atoms with Gasteiger partial charge in [0.1, 0.15) is 5.82 Å². The summed E-state index contributed by atoms with van der Waals surface area (Å²) in [6.45, 7) is 2.18. The maximum Gasteiger partial charge on any atom is 0.132 e. The number of hydrogen-bond acceptors (Lipinski definition) is 3. The van der Waals surface area contributed by atoms with Gasteiger partial charge in [0.15, 0.2) is 0 Å². The number of hydrogen-bond donors (Lipinski definition) is 1. The van der Waals surface area contributed by atoms with Gasteiger partial charge < -0.3 is 10.2 Å². The van der Waals surface area contributed by atoms with Crippen LogP contribution in [0.2, 0.25) is 0 Å². The van der Waals surface area contributed by atoms with E-state index in [9.17, 15) is 0 Å². The summed E-state index contributed by atoms with van der Waals surface area (Å²) in [4.78, 5) is 7.35. The van der Waals surface area contributed by atoms with Gasteiger partial charge in [-0.1, -0.05) is 18.2 Å². The molecular weight excluding hydrogens is 258 g/mol. The molecule has 0 spiro atoms. The molecule has 2 atom stereocenters. The summed E-state index contributed by atoms with van der Waals surface area (Å²) >= 11 is 0. The third kappa shape index (κ3) is 2.30. The maximum atomic E-state index is 4.93. The van der Waals surface area contributed by atoms with E-state index in [0.29, 0.717) is 6.04 Å². The van der Waals surface area contributed by atoms with E-state index >= 15 is 0 Å². The van der Waals surface area contributed by atoms with Crippen LogP contribution in [0.1, 0.15) is 31.2 Å². The molecule has 21 heavy (non-hydrogen) atoms. The minimum Gasteiger partial charge on any atom is -0.356 e. The zero-order chi connectivity index (χ0) is 14.4. The van der Waals surface area contributed by atoms with E-state index in [4.69, 9.17) is 4.98 Å². The van der Waals surface area contributed by atoms with Gasteiger partial charge in [-0.05, 0) is 50.3 Å². The lowest BCUT2D eigenvalue weighted by atomic mass is 9.98. The van der Waals surface area contributed by atoms with Crippen molar-refractivity contribution in [1.82, 2.24) is 10.3 Å². The maximum absolute atomic E-state index is 4.93. The van der Waals surface area contributed by atoms with Crippen LogP contribution in [0.25, 0.3) is 10.9 Å². The average Bonchev–Trinajstić information content (AvgIpc) is 2.84. The van der Waals surface area contributed by atoms with E-state index in [1.807, 2.05) is 0 Å². The van der Waals surface area contributed by atoms with Gasteiger partial charge in [0.2, 0.25) is 0 Å². The van der Waals surface area contributed by atoms with Crippen molar-refractivity contribution in [3.8, 4) is 0 Å². The predicted molar refractivity (Wildman–Crippen MR) is 87.9 cm³/mol. The zero-order valence-corrected chi connectivity index (χ0v) is 12.8. The first-order chi connectivity index (χ1) is 10.2. The molecule has 3 nitrogen and oxygen atoms in total. The number of anilines is 1. The summed E-state index contributed by atoms with van der Waals surface area (Å²) < 4.78 is 0. The van der Waals surface area contributed by atoms with Crippen molar-refractivity contribution in [3.63, 3.8) is 0 Å². The quantitative estimate of drug-likeness (QED) is 0.916. The minimum absolute atomic E-state index is 0.621. The molecule has 2 bridgehead atoms. The van der Waals surface area contributed by atoms with Gasteiger partial charge in [0.25, 0.3) is 0 Å². The van der Waals surface area contributed by atoms with Gasteiger partial charge in [-0.3, -0.25) is 0 Å². The van der Waals surface area contributed by atoms with Crippen molar-refractivity contribution in [1.29, 1.82) is 0 Å². The second-order valence-corrected chi connectivity index (χ2v) is 6.70. The lowest BCUT2D eigenvalue weighted by molar-refractivity contribution is 0.354. The summed E-state index contributed by atoms with van der Waals surface area (Å²) in [5.41, 5.74) is 2.38. The Hall–Kier alpha value is -1.61. The highest BCUT2D eigenvalue weighted by molar-refractivity contribution is 5.81. The highest BCUT2D eigenvalue weighted by Crippen LogP contribution is 2.32. The van der Waals surface area contributed by atoms with Crippen molar-refractivity contribution in [2.24, 2.45) is 0 Å². The van der Waals surface area contributed by atoms with E-state index in [2.05, 4.69) is 54.5 Å². The van der Waals surface area contributed by atoms with E-state index in [0.717, 1.165) is 23.4 Å². The molecule has 3 heterocycles. The SMILES string of the molecule is Cc1cc2ccccc2nc1N(C)C1CC2CCC(C1)N2. The molecule has 1 N–H and O–H groups in total. The van der Waals surface area contributed by atoms with Crippen molar-refractivity contribution < 1.29 is 0 Å². The van der Waals surface area contributed by atoms with Crippen molar-refractivity contribution >= 4 is 16.7 Å². The first-order valence-corrected chi connectivity index (χ1v) is 8.06. The Kier molecular flexibility index (Phi) is 3.11. The fourth-order valence-electron chi connectivity index (χ4n) is 4.08. The van der Waals surface area contributed by atoms with Crippen molar-refractivity contribution in [3.05, 3.63) is 35.9 Å². The van der Waals surface area contributed by atoms with Crippen molar-refractivity contribution in [2.45, 2.75) is 50.7 Å². The standard InChI is InChI=1S/C18H23N3/c1-12-9-13-5-3-4-6-17(13)20-18(12)21(2)16-10-14-7-8-15(11-16)19-14/h3-6,9,14-16,19H,7-8,10-11H2,1-2H3. The van der Waals surface area contributed by atoms with Crippen LogP contribution in [0.5, 0.6) is 0 Å². The summed E-state index contributed by atoms with van der Waals surface area (Å²) in [5.74, 6) is 1.15. The molecular formula is C18H23N3. The fourth-order valence-corrected chi connectivity index (χ4v) is 4.08. The number of pyridine rings is 1. The van der Waals surface area contributed by atoms with Gasteiger partial charge in [0, 0.05) is 30.6 Å². The Bertz CT molecular complexity index is 655. The number of rotatable bonds is 2. The molecule has 1 aromatic heterocycles. The predicted octanol–water partition coefficient (Wildman–Crippen LogP) is 3.26. The molecule has 0 saturated carbocycles. The molecule has 1 aromatic carbocycles. The molecule has 0 radical (unpaired) electrons. The second kappa shape index (κ2) is 4.99. The van der Waals surface area contributed by atoms with Gasteiger partial charge in [-0.15, -0.1) is 0 Å². The molecule has 110 valence electrons. The van der Waals surface area contributed by atoms with Crippen molar-refractivity contribution in [2.75, 3.05) is 11.9 Å². The third-order valence-corrected chi connectivity index (χ3v) is 5.22. The first-order valence-electron chi connectivity index (χ1n) is 8.06. The second-order valence-electron chi connectivity index (χ2n) is 6.70. The van der Waals surface area contributed by atoms with Gasteiger partial charge in [-0.25, -0.2) is 4.98 Å². The molecule has 2 aliphatic rings. The molecule has 2 saturated heterocycles. The summed E-state index contributed by atoms with van der Waals surface area (Å²) in [5, 5.41) is 4.96. The van der Waals surface area contributed by atoms with Crippen LogP contribution >= 0.6 is 0 Å². The molecule has 2 unspecified atom stereocenters. The molecule has 0 aliphatic carbocycles. The summed E-state index contributed by atoms with van der Waals surface area (Å²) in [6, 6.07) is 12.7. The monoisotopic (exact) mass is 281 g/mol. The number of piperidine rings is 1. The zero-order valence-electron chi connectivity index (χ0n) is 12.8. The topological polar surface area (TPSA) is 28.2 Å². The number of aryl methyl sites for hydroxylation is 1. The number of para-hydroxylation sites is 1. The molecule has 3 heteroatoms. The van der Waals surface area contributed by atoms with E-state index in [-0.39, 0.29) is 0 Å². The molecule has 2 aromatic rings. The molecule has 2 aliphatic heterocycles. The van der Waals surface area contributed by atoms with Crippen LogP contribution in [0, 0.1) is 6.92 Å². The molecule has 2 fully saturated rings. The fraction of sp³-hybridized carbons (Fsp3) is 0.500. The smallest absolute Gasteiger partial charge is 0.132 e. The van der Waals surface area contributed by atoms with E-state index < -0.39 is 0 Å². The largest absolute Gasteiger partial charge is 0.356 e. The number of benzene rings is 1. The highest BCUT2D eigenvalue weighted by atomic mass is 15.2. The Morgan fingerprint density at radius 2 is 1.86 bits per heavy atom. The minimum atomic E-state index is 0.621. The van der Waals surface area contributed by atoms with Crippen LogP contribution < -0.4 is 10.2 Å². The average molecular weight is 281 g/mol. The third-order valence-electron chi connectivity index (χ3n) is 5.22. The van der Waals surface area contributed by atoms with Gasteiger partial charge in [-0.2, -0.15) is 0 Å². The lowest BCUT2D eigenvalue weighted by Crippen LogP contribution is -2.47. The number of fused-ring (bicyclic) bond motifs is 3. The first kappa shape index (κ1) is 13.1. The number of nitrogens with one attached hydrogen (secondary N) is 1. The lowest BCUT2D eigenvalue weighted by Gasteiger charge is -2.37. The number of nitrogens with zero attached hydrogens (tertiary/aromatic N) is 2. The highest BCUT2D eigenvalue weighted by Gasteiger charge is 2.35. The van der Waals surface area contributed by atoms with E-state index in [1.165, 1.54) is 36.6 Å². The van der Waals surface area contributed by atoms with E-state index in [1.54, 1.807) is 0 Å². The van der Waals surface area contributed by atoms with Crippen LogP contribution in [0.4, 0.5) is 5.82 Å². The Labute approximate surface area is 126 Å².